The Morgan fingerprint density at radius 3 is 1.28 bits per heavy atom. The zero-order valence-electron chi connectivity index (χ0n) is 15.9. The zero-order chi connectivity index (χ0) is 17.0. The van der Waals surface area contributed by atoms with Crippen LogP contribution in [0, 0.1) is 0 Å². The van der Waals surface area contributed by atoms with E-state index in [1.165, 1.54) is 0 Å². The van der Waals surface area contributed by atoms with Crippen LogP contribution in [0.15, 0.2) is 0 Å². The van der Waals surface area contributed by atoms with Gasteiger partial charge < -0.3 is 39.5 Å². The summed E-state index contributed by atoms with van der Waals surface area (Å²) in [6.45, 7) is 4.64. The van der Waals surface area contributed by atoms with Gasteiger partial charge in [0.05, 0.1) is 0 Å². The Hall–Kier alpha value is 1.33. The van der Waals surface area contributed by atoms with Crippen LogP contribution >= 0.6 is 0 Å². The SMILES string of the molecule is CCN(CCCN(CCC(=O)[O-])CCC(=O)[O-])CCC(=O)[O-].[Na+].[Na+].[Na+]. The minimum Gasteiger partial charge on any atom is -0.550 e. The molecule has 0 aliphatic heterocycles. The van der Waals surface area contributed by atoms with Crippen molar-refractivity contribution in [2.75, 3.05) is 39.3 Å². The Morgan fingerprint density at radius 1 is 0.640 bits per heavy atom. The molecule has 8 nitrogen and oxygen atoms in total. The van der Waals surface area contributed by atoms with Crippen molar-refractivity contribution in [1.29, 1.82) is 0 Å². The first-order valence-electron chi connectivity index (χ1n) is 7.39. The molecule has 0 N–H and O–H groups in total. The van der Waals surface area contributed by atoms with Gasteiger partial charge in [0.2, 0.25) is 0 Å². The molecule has 0 aromatic rings. The Morgan fingerprint density at radius 2 is 0.960 bits per heavy atom. The standard InChI is InChI=1S/C14H26N2O6.3Na/c1-2-15(9-4-12(17)18)7-3-8-16(10-5-13(19)20)11-6-14(21)22;;;/h2-11H2,1H3,(H,17,18)(H,19,20)(H,21,22);;;/q;3*+1/p-3. The predicted molar refractivity (Wildman–Crippen MR) is 72.0 cm³/mol. The molecule has 0 bridgehead atoms. The van der Waals surface area contributed by atoms with E-state index in [0.717, 1.165) is 0 Å². The summed E-state index contributed by atoms with van der Waals surface area (Å²) in [6.07, 6.45) is 0.332. The third-order valence-electron chi connectivity index (χ3n) is 3.29. The largest absolute Gasteiger partial charge is 1.00 e. The van der Waals surface area contributed by atoms with Gasteiger partial charge in [0.25, 0.3) is 0 Å². The second kappa shape index (κ2) is 21.6. The molecule has 0 aliphatic carbocycles. The normalized spacial score (nSPS) is 9.72. The maximum absolute atomic E-state index is 10.5. The number of rotatable bonds is 14. The van der Waals surface area contributed by atoms with E-state index in [0.29, 0.717) is 32.6 Å². The van der Waals surface area contributed by atoms with Crippen LogP contribution in [0.5, 0.6) is 0 Å². The van der Waals surface area contributed by atoms with E-state index in [9.17, 15) is 29.7 Å². The van der Waals surface area contributed by atoms with Crippen molar-refractivity contribution in [3.05, 3.63) is 0 Å². The van der Waals surface area contributed by atoms with Gasteiger partial charge in [0.15, 0.2) is 0 Å². The summed E-state index contributed by atoms with van der Waals surface area (Å²) in [6, 6.07) is 0. The van der Waals surface area contributed by atoms with Gasteiger partial charge in [-0.15, -0.1) is 0 Å². The van der Waals surface area contributed by atoms with Gasteiger partial charge >= 0.3 is 88.7 Å². The van der Waals surface area contributed by atoms with E-state index >= 15 is 0 Å². The van der Waals surface area contributed by atoms with Gasteiger partial charge in [0, 0.05) is 37.5 Å². The van der Waals surface area contributed by atoms with Crippen LogP contribution < -0.4 is 104 Å². The number of carbonyl (C=O) groups is 3. The Kier molecular flexibility index (Phi) is 29.3. The van der Waals surface area contributed by atoms with Crippen molar-refractivity contribution in [3.8, 4) is 0 Å². The fourth-order valence-electron chi connectivity index (χ4n) is 2.03. The predicted octanol–water partition coefficient (Wildman–Crippen LogP) is -12.6. The molecule has 0 amide bonds. The first-order valence-corrected chi connectivity index (χ1v) is 7.39. The molecule has 0 aromatic carbocycles. The van der Waals surface area contributed by atoms with E-state index in [-0.39, 0.29) is 121 Å². The number of carboxylic acid groups (broad SMARTS) is 3. The first-order chi connectivity index (χ1) is 10.3. The topological polar surface area (TPSA) is 127 Å². The molecule has 128 valence electrons. The smallest absolute Gasteiger partial charge is 0.550 e. The van der Waals surface area contributed by atoms with Crippen LogP contribution in [0.2, 0.25) is 0 Å². The number of nitrogens with zero attached hydrogens (tertiary/aromatic N) is 2. The van der Waals surface area contributed by atoms with E-state index in [4.69, 9.17) is 0 Å². The third-order valence-corrected chi connectivity index (χ3v) is 3.29. The van der Waals surface area contributed by atoms with Crippen molar-refractivity contribution in [2.24, 2.45) is 0 Å². The molecule has 0 aliphatic rings. The van der Waals surface area contributed by atoms with Crippen molar-refractivity contribution in [2.45, 2.75) is 32.6 Å². The van der Waals surface area contributed by atoms with E-state index in [1.54, 1.807) is 4.90 Å². The van der Waals surface area contributed by atoms with Gasteiger partial charge in [-0.25, -0.2) is 0 Å². The van der Waals surface area contributed by atoms with Crippen molar-refractivity contribution in [1.82, 2.24) is 9.80 Å². The minimum absolute atomic E-state index is 0. The molecule has 11 heteroatoms. The zero-order valence-corrected chi connectivity index (χ0v) is 21.9. The fourth-order valence-corrected chi connectivity index (χ4v) is 2.03. The second-order valence-electron chi connectivity index (χ2n) is 5.00. The van der Waals surface area contributed by atoms with Crippen LogP contribution in [0.1, 0.15) is 32.6 Å². The van der Waals surface area contributed by atoms with Crippen molar-refractivity contribution < 1.29 is 118 Å². The summed E-state index contributed by atoms with van der Waals surface area (Å²) in [7, 11) is 0. The summed E-state index contributed by atoms with van der Waals surface area (Å²) in [5.41, 5.74) is 0. The monoisotopic (exact) mass is 384 g/mol. The number of hydrogen-bond donors (Lipinski definition) is 0. The first kappa shape index (κ1) is 33.9. The van der Waals surface area contributed by atoms with E-state index < -0.39 is 17.9 Å². The number of carboxylic acids is 3. The Bertz CT molecular complexity index is 356. The van der Waals surface area contributed by atoms with Gasteiger partial charge in [-0.2, -0.15) is 0 Å². The molecule has 0 atom stereocenters. The third kappa shape index (κ3) is 23.3. The van der Waals surface area contributed by atoms with Gasteiger partial charge in [-0.05, 0) is 45.3 Å². The molecule has 0 fully saturated rings. The number of hydrogen-bond acceptors (Lipinski definition) is 8. The summed E-state index contributed by atoms with van der Waals surface area (Å²) in [5, 5.41) is 31.4. The number of carbonyl (C=O) groups excluding carboxylic acids is 3. The molecular formula is C14H23N2Na3O6. The molecule has 0 saturated heterocycles. The maximum Gasteiger partial charge on any atom is 1.00 e. The quantitative estimate of drug-likeness (QED) is 0.270. The summed E-state index contributed by atoms with van der Waals surface area (Å²) < 4.78 is 0. The Balaban J connectivity index is -0.000000735. The second-order valence-corrected chi connectivity index (χ2v) is 5.00. The Labute approximate surface area is 215 Å². The van der Waals surface area contributed by atoms with Crippen LogP contribution in [0.3, 0.4) is 0 Å². The summed E-state index contributed by atoms with van der Waals surface area (Å²) in [5.74, 6) is -3.45. The van der Waals surface area contributed by atoms with Gasteiger partial charge in [-0.3, -0.25) is 0 Å². The summed E-state index contributed by atoms with van der Waals surface area (Å²) in [4.78, 5) is 35.1. The van der Waals surface area contributed by atoms with E-state index in [1.807, 2.05) is 11.8 Å². The average molecular weight is 384 g/mol. The van der Waals surface area contributed by atoms with Crippen LogP contribution in [0.4, 0.5) is 0 Å². The molecular weight excluding hydrogens is 361 g/mol. The molecule has 25 heavy (non-hydrogen) atoms. The van der Waals surface area contributed by atoms with E-state index in [2.05, 4.69) is 0 Å². The molecule has 0 unspecified atom stereocenters. The number of aliphatic carboxylic acids is 3. The maximum atomic E-state index is 10.5. The minimum atomic E-state index is -1.18. The average Bonchev–Trinajstić information content (AvgIpc) is 2.43. The van der Waals surface area contributed by atoms with Gasteiger partial charge in [-0.1, -0.05) is 6.92 Å². The molecule has 0 saturated carbocycles. The molecule has 0 heterocycles. The van der Waals surface area contributed by atoms with Crippen molar-refractivity contribution >= 4 is 17.9 Å². The molecule has 0 spiro atoms. The van der Waals surface area contributed by atoms with Crippen molar-refractivity contribution in [3.63, 3.8) is 0 Å². The van der Waals surface area contributed by atoms with Crippen LogP contribution in [0.25, 0.3) is 0 Å². The fraction of sp³-hybridized carbons (Fsp3) is 0.786. The molecule has 0 radical (unpaired) electrons. The summed E-state index contributed by atoms with van der Waals surface area (Å²) >= 11 is 0. The van der Waals surface area contributed by atoms with Gasteiger partial charge in [0.1, 0.15) is 0 Å². The van der Waals surface area contributed by atoms with Crippen LogP contribution in [-0.4, -0.2) is 67.0 Å². The molecule has 0 rings (SSSR count). The van der Waals surface area contributed by atoms with Crippen LogP contribution in [-0.2, 0) is 14.4 Å². The molecule has 0 aromatic heterocycles.